The molecule has 29 heavy (non-hydrogen) atoms. The van der Waals surface area contributed by atoms with E-state index in [2.05, 4.69) is 19.2 Å². The van der Waals surface area contributed by atoms with Crippen molar-refractivity contribution in [1.82, 2.24) is 0 Å². The largest absolute Gasteiger partial charge is 0.497 e. The van der Waals surface area contributed by atoms with Gasteiger partial charge in [-0.1, -0.05) is 13.8 Å². The van der Waals surface area contributed by atoms with Crippen molar-refractivity contribution < 1.29 is 23.8 Å². The average Bonchev–Trinajstić information content (AvgIpc) is 2.72. The first-order valence-electron chi connectivity index (χ1n) is 9.41. The summed E-state index contributed by atoms with van der Waals surface area (Å²) in [4.78, 5) is 24.2. The van der Waals surface area contributed by atoms with E-state index in [1.54, 1.807) is 62.8 Å². The van der Waals surface area contributed by atoms with Gasteiger partial charge >= 0.3 is 5.97 Å². The lowest BCUT2D eigenvalue weighted by Gasteiger charge is -2.08. The van der Waals surface area contributed by atoms with E-state index in [-0.39, 0.29) is 11.9 Å². The summed E-state index contributed by atoms with van der Waals surface area (Å²) in [6.45, 7) is 4.54. The predicted molar refractivity (Wildman–Crippen MR) is 113 cm³/mol. The summed E-state index contributed by atoms with van der Waals surface area (Å²) < 4.78 is 15.7. The van der Waals surface area contributed by atoms with Crippen LogP contribution in [0.4, 0.5) is 5.69 Å². The van der Waals surface area contributed by atoms with Crippen molar-refractivity contribution in [2.24, 2.45) is 5.92 Å². The first-order chi connectivity index (χ1) is 13.9. The maximum absolute atomic E-state index is 12.2. The highest BCUT2D eigenvalue weighted by molar-refractivity contribution is 6.02. The van der Waals surface area contributed by atoms with Crippen LogP contribution < -0.4 is 14.8 Å². The number of nitrogens with one attached hydrogen (secondary N) is 1. The minimum atomic E-state index is -0.367. The topological polar surface area (TPSA) is 73.9 Å². The third kappa shape index (κ3) is 6.99. The van der Waals surface area contributed by atoms with E-state index < -0.39 is 0 Å². The molecule has 0 spiro atoms. The normalized spacial score (nSPS) is 10.8. The van der Waals surface area contributed by atoms with Crippen LogP contribution in [-0.2, 0) is 9.53 Å². The number of anilines is 1. The highest BCUT2D eigenvalue weighted by atomic mass is 16.5. The van der Waals surface area contributed by atoms with E-state index >= 15 is 0 Å². The van der Waals surface area contributed by atoms with Crippen LogP contribution in [0.5, 0.6) is 11.5 Å². The van der Waals surface area contributed by atoms with Crippen LogP contribution in [0.2, 0.25) is 0 Å². The number of benzene rings is 2. The Morgan fingerprint density at radius 1 is 1.03 bits per heavy atom. The molecule has 0 radical (unpaired) electrons. The summed E-state index contributed by atoms with van der Waals surface area (Å²) in [6.07, 6.45) is 3.88. The first-order valence-corrected chi connectivity index (χ1v) is 9.41. The Morgan fingerprint density at radius 3 is 2.38 bits per heavy atom. The molecule has 0 heterocycles. The molecule has 0 aliphatic heterocycles. The molecule has 0 aliphatic carbocycles. The molecule has 6 nitrogen and oxygen atoms in total. The molecule has 0 aromatic heterocycles. The molecule has 0 aliphatic rings. The SMILES string of the molecule is COc1ccc(OC)c(C=CC(=O)Nc2ccc(C(=O)OCCC(C)C)cc2)c1. The number of methoxy groups -OCH3 is 2. The zero-order valence-corrected chi connectivity index (χ0v) is 17.2. The van der Waals surface area contributed by atoms with Gasteiger partial charge in [0, 0.05) is 17.3 Å². The van der Waals surface area contributed by atoms with Crippen molar-refractivity contribution in [1.29, 1.82) is 0 Å². The average molecular weight is 397 g/mol. The summed E-state index contributed by atoms with van der Waals surface area (Å²) in [7, 11) is 3.14. The van der Waals surface area contributed by atoms with Gasteiger partial charge in [0.1, 0.15) is 11.5 Å². The summed E-state index contributed by atoms with van der Waals surface area (Å²) >= 11 is 0. The van der Waals surface area contributed by atoms with E-state index in [1.165, 1.54) is 6.08 Å². The highest BCUT2D eigenvalue weighted by Crippen LogP contribution is 2.25. The maximum atomic E-state index is 12.2. The molecule has 2 aromatic carbocycles. The summed E-state index contributed by atoms with van der Waals surface area (Å²) in [5.41, 5.74) is 1.75. The Hall–Kier alpha value is -3.28. The zero-order valence-electron chi connectivity index (χ0n) is 17.2. The molecule has 0 unspecified atom stereocenters. The molecule has 2 aromatic rings. The van der Waals surface area contributed by atoms with Gasteiger partial charge in [-0.05, 0) is 60.9 Å². The van der Waals surface area contributed by atoms with Crippen molar-refractivity contribution in [2.75, 3.05) is 26.1 Å². The van der Waals surface area contributed by atoms with Crippen LogP contribution in [-0.4, -0.2) is 32.7 Å². The lowest BCUT2D eigenvalue weighted by Crippen LogP contribution is -2.10. The standard InChI is InChI=1S/C23H27NO5/c1-16(2)13-14-29-23(26)17-5-8-19(9-6-17)24-22(25)12-7-18-15-20(27-3)10-11-21(18)28-4/h5-12,15-16H,13-14H2,1-4H3,(H,24,25). The summed E-state index contributed by atoms with van der Waals surface area (Å²) in [5, 5.41) is 2.75. The van der Waals surface area contributed by atoms with Crippen molar-refractivity contribution in [3.8, 4) is 11.5 Å². The Labute approximate surface area is 171 Å². The van der Waals surface area contributed by atoms with E-state index in [0.717, 1.165) is 12.0 Å². The fourth-order valence-corrected chi connectivity index (χ4v) is 2.48. The van der Waals surface area contributed by atoms with Crippen LogP contribution in [0.25, 0.3) is 6.08 Å². The molecule has 1 amide bonds. The van der Waals surface area contributed by atoms with E-state index in [1.807, 2.05) is 0 Å². The molecular weight excluding hydrogens is 370 g/mol. The molecule has 1 N–H and O–H groups in total. The summed E-state index contributed by atoms with van der Waals surface area (Å²) in [6, 6.07) is 11.9. The fourth-order valence-electron chi connectivity index (χ4n) is 2.48. The number of hydrogen-bond donors (Lipinski definition) is 1. The number of amides is 1. The number of carbonyl (C=O) groups excluding carboxylic acids is 2. The van der Waals surface area contributed by atoms with Gasteiger partial charge < -0.3 is 19.5 Å². The van der Waals surface area contributed by atoms with Gasteiger partial charge in [0.05, 0.1) is 26.4 Å². The van der Waals surface area contributed by atoms with Gasteiger partial charge in [0.15, 0.2) is 0 Å². The minimum absolute atomic E-state index is 0.304. The maximum Gasteiger partial charge on any atom is 0.338 e. The van der Waals surface area contributed by atoms with E-state index in [9.17, 15) is 9.59 Å². The second-order valence-corrected chi connectivity index (χ2v) is 6.83. The smallest absolute Gasteiger partial charge is 0.338 e. The molecule has 0 saturated carbocycles. The number of ether oxygens (including phenoxy) is 3. The Kier molecular flexibility index (Phi) is 8.27. The molecule has 0 fully saturated rings. The van der Waals surface area contributed by atoms with Gasteiger partial charge in [0.2, 0.25) is 5.91 Å². The Balaban J connectivity index is 1.95. The quantitative estimate of drug-likeness (QED) is 0.496. The molecule has 2 rings (SSSR count). The molecule has 0 bridgehead atoms. The first kappa shape index (κ1) is 22.0. The van der Waals surface area contributed by atoms with Crippen LogP contribution in [0, 0.1) is 5.92 Å². The van der Waals surface area contributed by atoms with Crippen LogP contribution in [0.1, 0.15) is 36.2 Å². The number of hydrogen-bond acceptors (Lipinski definition) is 5. The van der Waals surface area contributed by atoms with Gasteiger partial charge in [-0.15, -0.1) is 0 Å². The lowest BCUT2D eigenvalue weighted by atomic mass is 10.1. The minimum Gasteiger partial charge on any atom is -0.497 e. The van der Waals surface area contributed by atoms with Crippen molar-refractivity contribution >= 4 is 23.6 Å². The van der Waals surface area contributed by atoms with Crippen LogP contribution >= 0.6 is 0 Å². The number of carbonyl (C=O) groups is 2. The lowest BCUT2D eigenvalue weighted by molar-refractivity contribution is -0.111. The van der Waals surface area contributed by atoms with E-state index in [4.69, 9.17) is 14.2 Å². The predicted octanol–water partition coefficient (Wildman–Crippen LogP) is 4.56. The van der Waals surface area contributed by atoms with Gasteiger partial charge in [-0.3, -0.25) is 4.79 Å². The summed E-state index contributed by atoms with van der Waals surface area (Å²) in [5.74, 6) is 1.11. The molecular formula is C23H27NO5. The second kappa shape index (κ2) is 10.9. The van der Waals surface area contributed by atoms with Gasteiger partial charge in [-0.2, -0.15) is 0 Å². The molecule has 0 atom stereocenters. The third-order valence-corrected chi connectivity index (χ3v) is 4.17. The number of rotatable bonds is 9. The van der Waals surface area contributed by atoms with E-state index in [0.29, 0.717) is 35.3 Å². The fraction of sp³-hybridized carbons (Fsp3) is 0.304. The van der Waals surface area contributed by atoms with Gasteiger partial charge in [-0.25, -0.2) is 4.79 Å². The molecule has 6 heteroatoms. The zero-order chi connectivity index (χ0) is 21.2. The van der Waals surface area contributed by atoms with Crippen molar-refractivity contribution in [3.63, 3.8) is 0 Å². The number of esters is 1. The molecule has 154 valence electrons. The van der Waals surface area contributed by atoms with Crippen LogP contribution in [0.15, 0.2) is 48.5 Å². The molecule has 0 saturated heterocycles. The Bertz CT molecular complexity index is 856. The second-order valence-electron chi connectivity index (χ2n) is 6.83. The third-order valence-electron chi connectivity index (χ3n) is 4.17. The Morgan fingerprint density at radius 2 is 1.76 bits per heavy atom. The monoisotopic (exact) mass is 397 g/mol. The van der Waals surface area contributed by atoms with Crippen LogP contribution in [0.3, 0.4) is 0 Å². The van der Waals surface area contributed by atoms with Crippen molar-refractivity contribution in [2.45, 2.75) is 20.3 Å². The highest BCUT2D eigenvalue weighted by Gasteiger charge is 2.08. The van der Waals surface area contributed by atoms with Crippen molar-refractivity contribution in [3.05, 3.63) is 59.7 Å². The van der Waals surface area contributed by atoms with Gasteiger partial charge in [0.25, 0.3) is 0 Å².